The van der Waals surface area contributed by atoms with Crippen molar-refractivity contribution in [1.82, 2.24) is 0 Å². The molecule has 4 atom stereocenters. The molecule has 0 heterocycles. The zero-order valence-corrected chi connectivity index (χ0v) is 19.3. The first-order chi connectivity index (χ1) is 13.6. The van der Waals surface area contributed by atoms with E-state index in [9.17, 15) is 15.0 Å². The summed E-state index contributed by atoms with van der Waals surface area (Å²) in [5, 5.41) is 29.6. The van der Waals surface area contributed by atoms with Gasteiger partial charge in [0.1, 0.15) is 0 Å². The fraction of sp³-hybridized carbons (Fsp3) is 0.958. The lowest BCUT2D eigenvalue weighted by Crippen LogP contribution is -2.41. The maximum absolute atomic E-state index is 11.2. The molecule has 0 amide bonds. The number of aliphatic hydroxyl groups is 2. The number of carboxylic acid groups (broad SMARTS) is 1. The SMILES string of the molecule is CCCCC(C)(C)CCC[C@H]1CC[C@H](O)[C@@H]1CCCCCC(O)(OCC)C(=O)O. The molecule has 0 aromatic rings. The molecule has 0 aliphatic heterocycles. The molecule has 1 aliphatic carbocycles. The normalized spacial score (nSPS) is 24.6. The van der Waals surface area contributed by atoms with Gasteiger partial charge in [-0.3, -0.25) is 0 Å². The summed E-state index contributed by atoms with van der Waals surface area (Å²) >= 11 is 0. The van der Waals surface area contributed by atoms with Gasteiger partial charge >= 0.3 is 5.97 Å². The predicted molar refractivity (Wildman–Crippen MR) is 117 cm³/mol. The fourth-order valence-corrected chi connectivity index (χ4v) is 4.94. The van der Waals surface area contributed by atoms with Crippen LogP contribution < -0.4 is 0 Å². The minimum atomic E-state index is -2.06. The van der Waals surface area contributed by atoms with E-state index in [1.807, 2.05) is 0 Å². The van der Waals surface area contributed by atoms with Gasteiger partial charge in [-0.2, -0.15) is 0 Å². The van der Waals surface area contributed by atoms with Gasteiger partial charge in [0.15, 0.2) is 0 Å². The second-order valence-electron chi connectivity index (χ2n) is 9.85. The Morgan fingerprint density at radius 1 is 0.966 bits per heavy atom. The van der Waals surface area contributed by atoms with Crippen LogP contribution in [0.4, 0.5) is 0 Å². The molecule has 0 aromatic heterocycles. The summed E-state index contributed by atoms with van der Waals surface area (Å²) in [4.78, 5) is 11.2. The summed E-state index contributed by atoms with van der Waals surface area (Å²) in [6.45, 7) is 8.86. The fourth-order valence-electron chi connectivity index (χ4n) is 4.94. The summed E-state index contributed by atoms with van der Waals surface area (Å²) in [5.74, 6) is -2.38. The van der Waals surface area contributed by atoms with Crippen molar-refractivity contribution in [3.63, 3.8) is 0 Å². The second kappa shape index (κ2) is 12.9. The van der Waals surface area contributed by atoms with Crippen LogP contribution in [0.25, 0.3) is 0 Å². The minimum absolute atomic E-state index is 0.111. The smallest absolute Gasteiger partial charge is 0.364 e. The van der Waals surface area contributed by atoms with E-state index in [4.69, 9.17) is 9.84 Å². The van der Waals surface area contributed by atoms with Crippen molar-refractivity contribution < 1.29 is 24.9 Å². The van der Waals surface area contributed by atoms with Gasteiger partial charge in [0, 0.05) is 13.0 Å². The van der Waals surface area contributed by atoms with Crippen LogP contribution in [-0.4, -0.2) is 39.8 Å². The zero-order valence-electron chi connectivity index (χ0n) is 19.3. The third-order valence-corrected chi connectivity index (χ3v) is 6.84. The number of aliphatic hydroxyl groups excluding tert-OH is 1. The summed E-state index contributed by atoms with van der Waals surface area (Å²) in [7, 11) is 0. The molecule has 5 heteroatoms. The molecule has 1 fully saturated rings. The molecule has 0 saturated heterocycles. The monoisotopic (exact) mass is 414 g/mol. The molecule has 172 valence electrons. The Bertz CT molecular complexity index is 464. The van der Waals surface area contributed by atoms with E-state index in [2.05, 4.69) is 20.8 Å². The third-order valence-electron chi connectivity index (χ3n) is 6.84. The number of aliphatic carboxylic acids is 1. The van der Waals surface area contributed by atoms with Crippen molar-refractivity contribution in [3.05, 3.63) is 0 Å². The molecule has 1 rings (SSSR count). The van der Waals surface area contributed by atoms with Crippen LogP contribution in [0.5, 0.6) is 0 Å². The largest absolute Gasteiger partial charge is 0.477 e. The molecule has 5 nitrogen and oxygen atoms in total. The molecule has 0 aromatic carbocycles. The molecule has 1 unspecified atom stereocenters. The lowest BCUT2D eigenvalue weighted by Gasteiger charge is -2.27. The van der Waals surface area contributed by atoms with E-state index < -0.39 is 11.8 Å². The van der Waals surface area contributed by atoms with Gasteiger partial charge in [-0.25, -0.2) is 4.79 Å². The van der Waals surface area contributed by atoms with Crippen LogP contribution >= 0.6 is 0 Å². The van der Waals surface area contributed by atoms with Crippen molar-refractivity contribution in [2.24, 2.45) is 17.3 Å². The van der Waals surface area contributed by atoms with Gasteiger partial charge in [0.2, 0.25) is 0 Å². The number of unbranched alkanes of at least 4 members (excludes halogenated alkanes) is 3. The van der Waals surface area contributed by atoms with Crippen LogP contribution in [-0.2, 0) is 9.53 Å². The van der Waals surface area contributed by atoms with E-state index in [0.717, 1.165) is 32.1 Å². The summed E-state index contributed by atoms with van der Waals surface area (Å²) in [6.07, 6.45) is 13.0. The van der Waals surface area contributed by atoms with E-state index >= 15 is 0 Å². The first kappa shape index (κ1) is 26.4. The Balaban J connectivity index is 2.33. The maximum atomic E-state index is 11.2. The molecular formula is C24H46O5. The van der Waals surface area contributed by atoms with Crippen LogP contribution in [0, 0.1) is 17.3 Å². The Labute approximate surface area is 178 Å². The molecule has 0 bridgehead atoms. The number of hydrogen-bond donors (Lipinski definition) is 3. The minimum Gasteiger partial charge on any atom is -0.477 e. The lowest BCUT2D eigenvalue weighted by atomic mass is 9.79. The van der Waals surface area contributed by atoms with Gasteiger partial charge in [-0.05, 0) is 62.7 Å². The summed E-state index contributed by atoms with van der Waals surface area (Å²) in [6, 6.07) is 0. The summed E-state index contributed by atoms with van der Waals surface area (Å²) in [5.41, 5.74) is 0.421. The first-order valence-electron chi connectivity index (χ1n) is 11.9. The molecular weight excluding hydrogens is 368 g/mol. The topological polar surface area (TPSA) is 87.0 Å². The Hall–Kier alpha value is -0.650. The van der Waals surface area contributed by atoms with Crippen LogP contribution in [0.1, 0.15) is 111 Å². The third kappa shape index (κ3) is 9.35. The molecule has 0 spiro atoms. The van der Waals surface area contributed by atoms with Crippen LogP contribution in [0.2, 0.25) is 0 Å². The molecule has 0 radical (unpaired) electrons. The predicted octanol–water partition coefficient (Wildman–Crippen LogP) is 5.52. The van der Waals surface area contributed by atoms with Crippen molar-refractivity contribution in [1.29, 1.82) is 0 Å². The quantitative estimate of drug-likeness (QED) is 0.229. The average molecular weight is 415 g/mol. The maximum Gasteiger partial charge on any atom is 0.364 e. The van der Waals surface area contributed by atoms with Crippen molar-refractivity contribution in [2.45, 2.75) is 123 Å². The van der Waals surface area contributed by atoms with E-state index in [1.54, 1.807) is 6.92 Å². The van der Waals surface area contributed by atoms with E-state index in [0.29, 0.717) is 23.7 Å². The number of rotatable bonds is 16. The van der Waals surface area contributed by atoms with Gasteiger partial charge in [-0.15, -0.1) is 0 Å². The Morgan fingerprint density at radius 3 is 2.28 bits per heavy atom. The average Bonchev–Trinajstić information content (AvgIpc) is 2.99. The van der Waals surface area contributed by atoms with E-state index in [-0.39, 0.29) is 19.1 Å². The molecule has 1 aliphatic rings. The van der Waals surface area contributed by atoms with Crippen LogP contribution in [0.3, 0.4) is 0 Å². The second-order valence-corrected chi connectivity index (χ2v) is 9.85. The zero-order chi connectivity index (χ0) is 21.9. The molecule has 3 N–H and O–H groups in total. The van der Waals surface area contributed by atoms with Crippen molar-refractivity contribution >= 4 is 5.97 Å². The standard InChI is InChI=1S/C24H46O5/c1-5-7-16-23(3,4)17-11-12-19-14-15-21(25)20(19)13-9-8-10-18-24(28,22(26)27)29-6-2/h19-21,25,28H,5-18H2,1-4H3,(H,26,27)/t19-,20+,21-,24?/m0/s1. The lowest BCUT2D eigenvalue weighted by molar-refractivity contribution is -0.224. The first-order valence-corrected chi connectivity index (χ1v) is 11.9. The number of carboxylic acids is 1. The van der Waals surface area contributed by atoms with Crippen LogP contribution in [0.15, 0.2) is 0 Å². The molecule has 1 saturated carbocycles. The van der Waals surface area contributed by atoms with Crippen molar-refractivity contribution in [3.8, 4) is 0 Å². The Kier molecular flexibility index (Phi) is 11.7. The number of carbonyl (C=O) groups is 1. The van der Waals surface area contributed by atoms with Gasteiger partial charge in [0.05, 0.1) is 6.10 Å². The summed E-state index contributed by atoms with van der Waals surface area (Å²) < 4.78 is 5.02. The van der Waals surface area contributed by atoms with E-state index in [1.165, 1.54) is 38.5 Å². The molecule has 29 heavy (non-hydrogen) atoms. The highest BCUT2D eigenvalue weighted by Crippen LogP contribution is 2.40. The highest BCUT2D eigenvalue weighted by Gasteiger charge is 2.37. The number of ether oxygens (including phenoxy) is 1. The Morgan fingerprint density at radius 2 is 1.66 bits per heavy atom. The van der Waals surface area contributed by atoms with Gasteiger partial charge in [0.25, 0.3) is 5.79 Å². The van der Waals surface area contributed by atoms with Crippen molar-refractivity contribution in [2.75, 3.05) is 6.61 Å². The highest BCUT2D eigenvalue weighted by molar-refractivity contribution is 5.75. The number of hydrogen-bond acceptors (Lipinski definition) is 4. The van der Waals surface area contributed by atoms with Gasteiger partial charge < -0.3 is 20.1 Å². The highest BCUT2D eigenvalue weighted by atomic mass is 16.6. The van der Waals surface area contributed by atoms with Gasteiger partial charge in [-0.1, -0.05) is 59.3 Å².